The smallest absolute Gasteiger partial charge is 0.231 e. The molecule has 174 valence electrons. The summed E-state index contributed by atoms with van der Waals surface area (Å²) in [5.74, 6) is 4.11. The Morgan fingerprint density at radius 1 is 1.12 bits per heavy atom. The number of fused-ring (bicyclic) bond motifs is 5. The molecule has 1 atom stereocenters. The summed E-state index contributed by atoms with van der Waals surface area (Å²) < 4.78 is 23.6. The van der Waals surface area contributed by atoms with Crippen molar-refractivity contribution < 1.29 is 18.9 Å². The van der Waals surface area contributed by atoms with Crippen LogP contribution in [0.5, 0.6) is 23.0 Å². The Balaban J connectivity index is 1.51. The van der Waals surface area contributed by atoms with Gasteiger partial charge in [-0.25, -0.2) is 0 Å². The van der Waals surface area contributed by atoms with Crippen LogP contribution in [0.15, 0.2) is 24.3 Å². The lowest BCUT2D eigenvalue weighted by Gasteiger charge is -2.46. The fourth-order valence-corrected chi connectivity index (χ4v) is 6.25. The molecule has 0 amide bonds. The van der Waals surface area contributed by atoms with Crippen LogP contribution >= 0.6 is 15.9 Å². The van der Waals surface area contributed by atoms with Crippen molar-refractivity contribution in [3.8, 4) is 23.0 Å². The van der Waals surface area contributed by atoms with Crippen molar-refractivity contribution in [1.29, 1.82) is 0 Å². The number of rotatable bonds is 6. The van der Waals surface area contributed by atoms with E-state index < -0.39 is 0 Å². The van der Waals surface area contributed by atoms with Crippen LogP contribution in [0.25, 0.3) is 11.8 Å². The number of ether oxygens (including phenoxy) is 4. The van der Waals surface area contributed by atoms with Crippen molar-refractivity contribution in [3.05, 3.63) is 46.5 Å². The van der Waals surface area contributed by atoms with Gasteiger partial charge in [-0.2, -0.15) is 0 Å². The minimum Gasteiger partial charge on any atom is -0.493 e. The zero-order valence-corrected chi connectivity index (χ0v) is 20.7. The van der Waals surface area contributed by atoms with Gasteiger partial charge in [0.05, 0.1) is 19.8 Å². The SMILES string of the molecule is COc1ccc2c(c1OCCCBr)[C@H](C1CCCC1)N1CCc3cc4c(cc3C1=C2)OCO4. The fourth-order valence-electron chi connectivity index (χ4n) is 6.03. The van der Waals surface area contributed by atoms with Crippen LogP contribution in [-0.2, 0) is 6.42 Å². The molecule has 2 aromatic rings. The van der Waals surface area contributed by atoms with E-state index in [1.54, 1.807) is 7.11 Å². The number of alkyl halides is 1. The van der Waals surface area contributed by atoms with Crippen LogP contribution in [0.3, 0.4) is 0 Å². The molecule has 1 aliphatic carbocycles. The van der Waals surface area contributed by atoms with Gasteiger partial charge in [0.25, 0.3) is 0 Å². The van der Waals surface area contributed by atoms with Gasteiger partial charge < -0.3 is 23.8 Å². The first-order valence-corrected chi connectivity index (χ1v) is 13.2. The third-order valence-corrected chi connectivity index (χ3v) is 8.07. The van der Waals surface area contributed by atoms with Crippen molar-refractivity contribution in [3.63, 3.8) is 0 Å². The second kappa shape index (κ2) is 8.79. The molecule has 3 heterocycles. The van der Waals surface area contributed by atoms with E-state index in [0.29, 0.717) is 25.4 Å². The lowest BCUT2D eigenvalue weighted by Crippen LogP contribution is -2.39. The molecule has 1 saturated carbocycles. The number of nitrogens with zero attached hydrogens (tertiary/aromatic N) is 1. The van der Waals surface area contributed by atoms with E-state index in [0.717, 1.165) is 47.7 Å². The Bertz CT molecular complexity index is 1090. The van der Waals surface area contributed by atoms with Crippen molar-refractivity contribution in [1.82, 2.24) is 4.90 Å². The molecule has 6 heteroatoms. The minimum atomic E-state index is 0.301. The number of methoxy groups -OCH3 is 1. The molecule has 0 saturated heterocycles. The van der Waals surface area contributed by atoms with Gasteiger partial charge in [0.15, 0.2) is 23.0 Å². The molecule has 5 nitrogen and oxygen atoms in total. The number of benzene rings is 2. The molecule has 4 aliphatic rings. The van der Waals surface area contributed by atoms with E-state index in [-0.39, 0.29) is 0 Å². The first-order chi connectivity index (χ1) is 16.3. The Labute approximate surface area is 203 Å². The summed E-state index contributed by atoms with van der Waals surface area (Å²) in [6, 6.07) is 8.93. The van der Waals surface area contributed by atoms with Gasteiger partial charge >= 0.3 is 0 Å². The second-order valence-corrected chi connectivity index (χ2v) is 10.1. The van der Waals surface area contributed by atoms with Gasteiger partial charge in [-0.15, -0.1) is 0 Å². The first-order valence-electron chi connectivity index (χ1n) is 12.1. The van der Waals surface area contributed by atoms with Crippen molar-refractivity contribution in [2.45, 2.75) is 44.6 Å². The Morgan fingerprint density at radius 2 is 1.94 bits per heavy atom. The zero-order chi connectivity index (χ0) is 22.4. The van der Waals surface area contributed by atoms with Gasteiger partial charge in [-0.05, 0) is 67.0 Å². The van der Waals surface area contributed by atoms with Crippen LogP contribution in [0.1, 0.15) is 60.4 Å². The van der Waals surface area contributed by atoms with E-state index in [9.17, 15) is 0 Å². The summed E-state index contributed by atoms with van der Waals surface area (Å²) in [5, 5.41) is 0.930. The average Bonchev–Trinajstić information content (AvgIpc) is 3.53. The predicted molar refractivity (Wildman–Crippen MR) is 132 cm³/mol. The third-order valence-electron chi connectivity index (χ3n) is 7.51. The number of hydrogen-bond acceptors (Lipinski definition) is 5. The molecular formula is C27H30BrNO4. The van der Waals surface area contributed by atoms with E-state index >= 15 is 0 Å². The van der Waals surface area contributed by atoms with Crippen molar-refractivity contribution >= 4 is 27.7 Å². The van der Waals surface area contributed by atoms with Crippen LogP contribution < -0.4 is 18.9 Å². The normalized spacial score (nSPS) is 20.7. The van der Waals surface area contributed by atoms with Gasteiger partial charge in [0.2, 0.25) is 6.79 Å². The molecule has 0 radical (unpaired) electrons. The van der Waals surface area contributed by atoms with E-state index in [1.807, 2.05) is 0 Å². The highest BCUT2D eigenvalue weighted by Crippen LogP contribution is 2.54. The largest absolute Gasteiger partial charge is 0.493 e. The molecule has 0 unspecified atom stereocenters. The maximum absolute atomic E-state index is 6.42. The number of halogens is 1. The lowest BCUT2D eigenvalue weighted by atomic mass is 9.80. The molecule has 0 aromatic heterocycles. The Hall–Kier alpha value is -2.34. The first kappa shape index (κ1) is 21.2. The summed E-state index contributed by atoms with van der Waals surface area (Å²) in [7, 11) is 1.74. The molecule has 0 N–H and O–H groups in total. The summed E-state index contributed by atoms with van der Waals surface area (Å²) >= 11 is 3.53. The van der Waals surface area contributed by atoms with Crippen LogP contribution in [0, 0.1) is 5.92 Å². The van der Waals surface area contributed by atoms with E-state index in [1.165, 1.54) is 53.6 Å². The van der Waals surface area contributed by atoms with Crippen LogP contribution in [0.4, 0.5) is 0 Å². The monoisotopic (exact) mass is 511 g/mol. The molecule has 0 bridgehead atoms. The van der Waals surface area contributed by atoms with E-state index in [4.69, 9.17) is 18.9 Å². The minimum absolute atomic E-state index is 0.301. The Morgan fingerprint density at radius 3 is 2.73 bits per heavy atom. The quantitative estimate of drug-likeness (QED) is 0.341. The second-order valence-electron chi connectivity index (χ2n) is 9.32. The van der Waals surface area contributed by atoms with Crippen LogP contribution in [0.2, 0.25) is 0 Å². The Kier molecular flexibility index (Phi) is 5.65. The standard InChI is InChI=1S/C27H30BrNO4/c1-30-22-8-7-19-13-21-20-15-24-23(32-16-33-24)14-18(20)9-11-29(21)26(17-5-2-3-6-17)25(19)27(22)31-12-4-10-28/h7-8,13-15,17,26H,2-6,9-12,16H2,1H3/t26-/m0/s1. The van der Waals surface area contributed by atoms with E-state index in [2.05, 4.69) is 51.2 Å². The molecule has 33 heavy (non-hydrogen) atoms. The van der Waals surface area contributed by atoms with Crippen molar-refractivity contribution in [2.75, 3.05) is 32.4 Å². The predicted octanol–water partition coefficient (Wildman–Crippen LogP) is 6.19. The highest BCUT2D eigenvalue weighted by Gasteiger charge is 2.41. The van der Waals surface area contributed by atoms with Gasteiger partial charge in [-0.1, -0.05) is 34.8 Å². The average molecular weight is 512 g/mol. The van der Waals surface area contributed by atoms with Gasteiger partial charge in [0.1, 0.15) is 0 Å². The highest BCUT2D eigenvalue weighted by atomic mass is 79.9. The van der Waals surface area contributed by atoms with Gasteiger partial charge in [0, 0.05) is 28.7 Å². The summed E-state index contributed by atoms with van der Waals surface area (Å²) in [6.07, 6.45) is 9.46. The number of hydrogen-bond donors (Lipinski definition) is 0. The maximum atomic E-state index is 6.42. The zero-order valence-electron chi connectivity index (χ0n) is 19.1. The maximum Gasteiger partial charge on any atom is 0.231 e. The summed E-state index contributed by atoms with van der Waals surface area (Å²) in [5.41, 5.74) is 6.48. The topological polar surface area (TPSA) is 40.2 Å². The molecule has 2 aromatic carbocycles. The van der Waals surface area contributed by atoms with Crippen molar-refractivity contribution in [2.24, 2.45) is 5.92 Å². The lowest BCUT2D eigenvalue weighted by molar-refractivity contribution is 0.174. The van der Waals surface area contributed by atoms with Crippen LogP contribution in [-0.4, -0.2) is 37.3 Å². The molecule has 1 fully saturated rings. The summed E-state index contributed by atoms with van der Waals surface area (Å²) in [6.45, 7) is 1.98. The fraction of sp³-hybridized carbons (Fsp3) is 0.481. The van der Waals surface area contributed by atoms with Gasteiger partial charge in [-0.3, -0.25) is 0 Å². The molecular weight excluding hydrogens is 482 g/mol. The molecule has 0 spiro atoms. The molecule has 3 aliphatic heterocycles. The molecule has 6 rings (SSSR count). The highest BCUT2D eigenvalue weighted by molar-refractivity contribution is 9.09. The summed E-state index contributed by atoms with van der Waals surface area (Å²) in [4.78, 5) is 2.64. The third kappa shape index (κ3) is 3.58.